The van der Waals surface area contributed by atoms with Crippen LogP contribution in [-0.2, 0) is 0 Å². The topological polar surface area (TPSA) is 43.6 Å². The highest BCUT2D eigenvalue weighted by Crippen LogP contribution is 2.38. The molecule has 0 aliphatic carbocycles. The highest BCUT2D eigenvalue weighted by atomic mass is 15.0. The van der Waals surface area contributed by atoms with Crippen molar-refractivity contribution in [2.24, 2.45) is 0 Å². The molecule has 0 bridgehead atoms. The minimum atomic E-state index is 0.623. The predicted molar refractivity (Wildman–Crippen MR) is 227 cm³/mol. The van der Waals surface area contributed by atoms with Crippen molar-refractivity contribution in [3.05, 3.63) is 206 Å². The van der Waals surface area contributed by atoms with E-state index < -0.39 is 0 Å². The molecule has 4 heteroatoms. The summed E-state index contributed by atoms with van der Waals surface area (Å²) in [5.74, 6) is 1.88. The molecular formula is C51H34N4. The Kier molecular flexibility index (Phi) is 8.12. The van der Waals surface area contributed by atoms with E-state index in [2.05, 4.69) is 199 Å². The number of hydrogen-bond donors (Lipinski definition) is 0. The molecule has 2 heterocycles. The third-order valence-electron chi connectivity index (χ3n) is 10.3. The first-order chi connectivity index (χ1) is 27.3. The number of para-hydroxylation sites is 2. The second-order valence-electron chi connectivity index (χ2n) is 13.7. The van der Waals surface area contributed by atoms with Crippen LogP contribution < -0.4 is 0 Å². The Morgan fingerprint density at radius 1 is 0.273 bits per heavy atom. The monoisotopic (exact) mass is 702 g/mol. The summed E-state index contributed by atoms with van der Waals surface area (Å²) in [6.07, 6.45) is 0. The summed E-state index contributed by atoms with van der Waals surface area (Å²) in [5.41, 5.74) is 13.2. The summed E-state index contributed by atoms with van der Waals surface area (Å²) >= 11 is 0. The molecule has 0 aliphatic heterocycles. The van der Waals surface area contributed by atoms with E-state index in [1.54, 1.807) is 0 Å². The molecule has 2 aromatic heterocycles. The highest BCUT2D eigenvalue weighted by molar-refractivity contribution is 6.13. The quantitative estimate of drug-likeness (QED) is 0.166. The van der Waals surface area contributed by atoms with Crippen LogP contribution >= 0.6 is 0 Å². The van der Waals surface area contributed by atoms with E-state index in [0.717, 1.165) is 39.0 Å². The van der Waals surface area contributed by atoms with Crippen molar-refractivity contribution in [3.8, 4) is 73.2 Å². The minimum Gasteiger partial charge on any atom is -0.309 e. The fourth-order valence-corrected chi connectivity index (χ4v) is 7.54. The van der Waals surface area contributed by atoms with Gasteiger partial charge in [-0.25, -0.2) is 15.0 Å². The zero-order valence-electron chi connectivity index (χ0n) is 29.9. The summed E-state index contributed by atoms with van der Waals surface area (Å²) in [5, 5.41) is 2.45. The molecule has 0 fully saturated rings. The molecule has 10 aromatic rings. The molecule has 258 valence electrons. The van der Waals surface area contributed by atoms with Crippen molar-refractivity contribution in [3.63, 3.8) is 0 Å². The van der Waals surface area contributed by atoms with Crippen LogP contribution in [0.3, 0.4) is 0 Å². The van der Waals surface area contributed by atoms with Crippen LogP contribution in [0.2, 0.25) is 0 Å². The first kappa shape index (κ1) is 32.2. The number of nitrogens with zero attached hydrogens (tertiary/aromatic N) is 4. The van der Waals surface area contributed by atoms with Crippen LogP contribution in [0.4, 0.5) is 0 Å². The van der Waals surface area contributed by atoms with Crippen molar-refractivity contribution in [2.75, 3.05) is 0 Å². The first-order valence-corrected chi connectivity index (χ1v) is 18.5. The Morgan fingerprint density at radius 2 is 0.655 bits per heavy atom. The van der Waals surface area contributed by atoms with Gasteiger partial charge in [-0.2, -0.15) is 0 Å². The van der Waals surface area contributed by atoms with Gasteiger partial charge in [-0.3, -0.25) is 0 Å². The van der Waals surface area contributed by atoms with Crippen LogP contribution in [0.15, 0.2) is 206 Å². The van der Waals surface area contributed by atoms with Crippen molar-refractivity contribution in [1.82, 2.24) is 19.5 Å². The van der Waals surface area contributed by atoms with Gasteiger partial charge in [-0.1, -0.05) is 176 Å². The zero-order valence-corrected chi connectivity index (χ0v) is 29.9. The van der Waals surface area contributed by atoms with Crippen LogP contribution in [0.25, 0.3) is 95.0 Å². The summed E-state index contributed by atoms with van der Waals surface area (Å²) < 4.78 is 2.38. The Bertz CT molecular complexity index is 2820. The number of aromatic nitrogens is 4. The van der Waals surface area contributed by atoms with Gasteiger partial charge >= 0.3 is 0 Å². The number of rotatable bonds is 7. The van der Waals surface area contributed by atoms with E-state index in [-0.39, 0.29) is 0 Å². The molecule has 0 spiro atoms. The Morgan fingerprint density at radius 3 is 1.16 bits per heavy atom. The molecule has 0 amide bonds. The van der Waals surface area contributed by atoms with Crippen LogP contribution in [0.5, 0.6) is 0 Å². The second-order valence-corrected chi connectivity index (χ2v) is 13.7. The summed E-state index contributed by atoms with van der Waals surface area (Å²) in [6.45, 7) is 0. The van der Waals surface area contributed by atoms with Gasteiger partial charge in [0, 0.05) is 38.7 Å². The second kappa shape index (κ2) is 13.8. The first-order valence-electron chi connectivity index (χ1n) is 18.5. The fraction of sp³-hybridized carbons (Fsp3) is 0. The van der Waals surface area contributed by atoms with Crippen molar-refractivity contribution in [1.29, 1.82) is 0 Å². The molecule has 10 rings (SSSR count). The zero-order chi connectivity index (χ0) is 36.6. The van der Waals surface area contributed by atoms with E-state index in [1.165, 1.54) is 38.5 Å². The molecule has 0 saturated heterocycles. The maximum atomic E-state index is 5.08. The molecule has 0 radical (unpaired) electrons. The van der Waals surface area contributed by atoms with Crippen LogP contribution in [-0.4, -0.2) is 19.5 Å². The van der Waals surface area contributed by atoms with E-state index in [9.17, 15) is 0 Å². The summed E-state index contributed by atoms with van der Waals surface area (Å²) in [6, 6.07) is 72.2. The summed E-state index contributed by atoms with van der Waals surface area (Å²) in [7, 11) is 0. The van der Waals surface area contributed by atoms with Gasteiger partial charge in [0.1, 0.15) is 0 Å². The standard InChI is InChI=1S/C51H34N4/c1-4-13-35(14-5-1)37-23-27-40(28-24-37)49-52-50(41-29-25-38(26-30-41)36-15-6-2-7-16-36)54-51(53-49)42-31-33-43(34-32-42)55-47-22-11-10-19-45(47)46-21-12-20-44(48(46)55)39-17-8-3-9-18-39/h1-34H. The van der Waals surface area contributed by atoms with E-state index >= 15 is 0 Å². The molecule has 0 N–H and O–H groups in total. The molecule has 8 aromatic carbocycles. The SMILES string of the molecule is c1ccc(-c2ccc(-c3nc(-c4ccc(-c5ccccc5)cc4)nc(-c4ccc(-n5c6ccccc6c6cccc(-c7ccccc7)c65)cc4)n3)cc2)cc1. The van der Waals surface area contributed by atoms with Crippen molar-refractivity contribution in [2.45, 2.75) is 0 Å². The van der Waals surface area contributed by atoms with Crippen molar-refractivity contribution < 1.29 is 0 Å². The van der Waals surface area contributed by atoms with Gasteiger partial charge in [0.05, 0.1) is 11.0 Å². The molecule has 55 heavy (non-hydrogen) atoms. The van der Waals surface area contributed by atoms with Gasteiger partial charge in [0.2, 0.25) is 0 Å². The number of fused-ring (bicyclic) bond motifs is 3. The lowest BCUT2D eigenvalue weighted by Crippen LogP contribution is -2.01. The molecular weight excluding hydrogens is 669 g/mol. The number of benzene rings is 8. The van der Waals surface area contributed by atoms with E-state index in [1.807, 2.05) is 12.1 Å². The van der Waals surface area contributed by atoms with Gasteiger partial charge < -0.3 is 4.57 Å². The molecule has 0 aliphatic rings. The lowest BCUT2D eigenvalue weighted by molar-refractivity contribution is 1.07. The summed E-state index contributed by atoms with van der Waals surface area (Å²) in [4.78, 5) is 15.2. The van der Waals surface area contributed by atoms with Crippen molar-refractivity contribution >= 4 is 21.8 Å². The third-order valence-corrected chi connectivity index (χ3v) is 10.3. The molecule has 0 unspecified atom stereocenters. The van der Waals surface area contributed by atoms with Crippen LogP contribution in [0, 0.1) is 0 Å². The Balaban J connectivity index is 1.08. The Labute approximate surface area is 319 Å². The van der Waals surface area contributed by atoms with Crippen LogP contribution in [0.1, 0.15) is 0 Å². The largest absolute Gasteiger partial charge is 0.309 e. The number of hydrogen-bond acceptors (Lipinski definition) is 3. The lowest BCUT2D eigenvalue weighted by atomic mass is 10.0. The molecule has 0 atom stereocenters. The lowest BCUT2D eigenvalue weighted by Gasteiger charge is -2.13. The normalized spacial score (nSPS) is 11.3. The van der Waals surface area contributed by atoms with Gasteiger partial charge in [0.15, 0.2) is 17.5 Å². The van der Waals surface area contributed by atoms with Gasteiger partial charge in [-0.05, 0) is 58.1 Å². The molecule has 4 nitrogen and oxygen atoms in total. The van der Waals surface area contributed by atoms with Gasteiger partial charge in [-0.15, -0.1) is 0 Å². The fourth-order valence-electron chi connectivity index (χ4n) is 7.54. The predicted octanol–water partition coefficient (Wildman–Crippen LogP) is 13.0. The van der Waals surface area contributed by atoms with Gasteiger partial charge in [0.25, 0.3) is 0 Å². The van der Waals surface area contributed by atoms with E-state index in [4.69, 9.17) is 15.0 Å². The smallest absolute Gasteiger partial charge is 0.164 e. The van der Waals surface area contributed by atoms with E-state index in [0.29, 0.717) is 17.5 Å². The average Bonchev–Trinajstić information content (AvgIpc) is 3.62. The Hall–Kier alpha value is -7.43. The minimum absolute atomic E-state index is 0.623. The molecule has 0 saturated carbocycles. The average molecular weight is 703 g/mol. The third kappa shape index (κ3) is 6.06. The maximum absolute atomic E-state index is 5.08. The maximum Gasteiger partial charge on any atom is 0.164 e. The highest BCUT2D eigenvalue weighted by Gasteiger charge is 2.18.